The molecule has 3 heterocycles. The van der Waals surface area contributed by atoms with Crippen LogP contribution in [0, 0.1) is 5.92 Å². The minimum atomic E-state index is -1.13. The highest BCUT2D eigenvalue weighted by Crippen LogP contribution is 2.28. The minimum absolute atomic E-state index is 0.0991. The summed E-state index contributed by atoms with van der Waals surface area (Å²) in [6.45, 7) is 6.14. The summed E-state index contributed by atoms with van der Waals surface area (Å²) in [6, 6.07) is 5.27. The fourth-order valence-electron chi connectivity index (χ4n) is 2.87. The lowest BCUT2D eigenvalue weighted by Gasteiger charge is -2.49. The van der Waals surface area contributed by atoms with Crippen LogP contribution in [0.2, 0.25) is 0 Å². The summed E-state index contributed by atoms with van der Waals surface area (Å²) in [5.74, 6) is 0.488. The van der Waals surface area contributed by atoms with E-state index in [0.29, 0.717) is 43.6 Å². The van der Waals surface area contributed by atoms with Gasteiger partial charge in [0.25, 0.3) is 5.91 Å². The van der Waals surface area contributed by atoms with Gasteiger partial charge in [-0.05, 0) is 23.4 Å². The third-order valence-corrected chi connectivity index (χ3v) is 4.26. The molecule has 0 aromatic carbocycles. The zero-order valence-corrected chi connectivity index (χ0v) is 12.9. The van der Waals surface area contributed by atoms with Crippen molar-refractivity contribution in [1.29, 1.82) is 0 Å². The summed E-state index contributed by atoms with van der Waals surface area (Å²) in [6.07, 6.45) is 0. The molecule has 4 radical (unpaired) electrons. The Balaban J connectivity index is 1.78. The summed E-state index contributed by atoms with van der Waals surface area (Å²) in [7, 11) is 12.5. The van der Waals surface area contributed by atoms with Crippen molar-refractivity contribution in [2.75, 3.05) is 39.4 Å². The fraction of sp³-hybridized carbons (Fsp3) is 0.600. The molecule has 1 aromatic heterocycles. The average molecular weight is 295 g/mol. The Kier molecular flexibility index (Phi) is 4.28. The van der Waals surface area contributed by atoms with Crippen molar-refractivity contribution in [2.24, 2.45) is 5.92 Å². The fourth-order valence-corrected chi connectivity index (χ4v) is 2.87. The Bertz CT molecular complexity index is 555. The van der Waals surface area contributed by atoms with E-state index >= 15 is 0 Å². The number of rotatable bonds is 3. The van der Waals surface area contributed by atoms with Crippen LogP contribution in [0.3, 0.4) is 0 Å². The maximum Gasteiger partial charge on any atom is 0.272 e. The lowest BCUT2D eigenvalue weighted by Crippen LogP contribution is -2.58. The van der Waals surface area contributed by atoms with Gasteiger partial charge in [0, 0.05) is 31.9 Å². The molecule has 7 heteroatoms. The van der Waals surface area contributed by atoms with Gasteiger partial charge in [-0.25, -0.2) is 4.98 Å². The molecule has 0 atom stereocenters. The van der Waals surface area contributed by atoms with E-state index in [9.17, 15) is 4.79 Å². The Morgan fingerprint density at radius 2 is 2.00 bits per heavy atom. The number of amides is 1. The van der Waals surface area contributed by atoms with E-state index in [1.807, 2.05) is 4.90 Å². The van der Waals surface area contributed by atoms with Crippen LogP contribution >= 0.6 is 0 Å². The topological polar surface area (TPSA) is 45.7 Å². The van der Waals surface area contributed by atoms with E-state index in [-0.39, 0.29) is 5.91 Å². The SMILES string of the molecule is [B]C([B])(c1cccc(C(=O)N2CCOCC2)n1)N1CC(C)C1. The summed E-state index contributed by atoms with van der Waals surface area (Å²) in [5.41, 5.74) is 0.909. The van der Waals surface area contributed by atoms with E-state index in [2.05, 4.69) is 11.9 Å². The molecular weight excluding hydrogens is 276 g/mol. The van der Waals surface area contributed by atoms with Crippen LogP contribution < -0.4 is 0 Å². The van der Waals surface area contributed by atoms with E-state index < -0.39 is 5.34 Å². The normalized spacial score (nSPS) is 20.7. The lowest BCUT2D eigenvalue weighted by molar-refractivity contribution is 0.0298. The Morgan fingerprint density at radius 3 is 2.64 bits per heavy atom. The van der Waals surface area contributed by atoms with E-state index in [1.54, 1.807) is 23.1 Å². The lowest BCUT2D eigenvalue weighted by atomic mass is 9.57. The zero-order valence-electron chi connectivity index (χ0n) is 12.9. The van der Waals surface area contributed by atoms with Crippen molar-refractivity contribution in [3.05, 3.63) is 29.6 Å². The molecule has 0 bridgehead atoms. The number of pyridine rings is 1. The van der Waals surface area contributed by atoms with Crippen LogP contribution in [0.15, 0.2) is 18.2 Å². The van der Waals surface area contributed by atoms with Gasteiger partial charge in [0.15, 0.2) is 0 Å². The van der Waals surface area contributed by atoms with Crippen LogP contribution in [-0.2, 0) is 10.1 Å². The third kappa shape index (κ3) is 2.92. The summed E-state index contributed by atoms with van der Waals surface area (Å²) >= 11 is 0. The van der Waals surface area contributed by atoms with Gasteiger partial charge < -0.3 is 14.5 Å². The van der Waals surface area contributed by atoms with Crippen molar-refractivity contribution >= 4 is 21.6 Å². The van der Waals surface area contributed by atoms with Gasteiger partial charge in [0.2, 0.25) is 0 Å². The van der Waals surface area contributed by atoms with Crippen molar-refractivity contribution in [3.63, 3.8) is 0 Å². The molecule has 22 heavy (non-hydrogen) atoms. The molecule has 2 saturated heterocycles. The first-order valence-corrected chi connectivity index (χ1v) is 7.66. The molecule has 0 N–H and O–H groups in total. The van der Waals surface area contributed by atoms with Crippen LogP contribution in [0.5, 0.6) is 0 Å². The Labute approximate surface area is 133 Å². The second-order valence-corrected chi connectivity index (χ2v) is 6.15. The number of hydrogen-bond donors (Lipinski definition) is 0. The Morgan fingerprint density at radius 1 is 1.32 bits per heavy atom. The quantitative estimate of drug-likeness (QED) is 0.734. The number of nitrogens with zero attached hydrogens (tertiary/aromatic N) is 3. The molecule has 1 aromatic rings. The predicted octanol–water partition coefficient (Wildman–Crippen LogP) is -0.0470. The molecule has 0 unspecified atom stereocenters. The summed E-state index contributed by atoms with van der Waals surface area (Å²) < 4.78 is 5.27. The Hall–Kier alpha value is -1.33. The number of likely N-dealkylation sites (tertiary alicyclic amines) is 1. The van der Waals surface area contributed by atoms with Crippen molar-refractivity contribution in [3.8, 4) is 0 Å². The van der Waals surface area contributed by atoms with E-state index in [1.165, 1.54) is 0 Å². The summed E-state index contributed by atoms with van der Waals surface area (Å²) in [5, 5.41) is -1.13. The summed E-state index contributed by atoms with van der Waals surface area (Å²) in [4.78, 5) is 20.6. The number of ether oxygens (including phenoxy) is 1. The maximum atomic E-state index is 12.5. The van der Waals surface area contributed by atoms with Crippen LogP contribution in [-0.4, -0.2) is 75.8 Å². The van der Waals surface area contributed by atoms with Gasteiger partial charge in [0.1, 0.15) is 5.69 Å². The van der Waals surface area contributed by atoms with Gasteiger partial charge in [0.05, 0.1) is 28.9 Å². The molecule has 0 aliphatic carbocycles. The smallest absolute Gasteiger partial charge is 0.272 e. The van der Waals surface area contributed by atoms with Crippen molar-refractivity contribution in [1.82, 2.24) is 14.8 Å². The van der Waals surface area contributed by atoms with Crippen molar-refractivity contribution in [2.45, 2.75) is 12.3 Å². The molecule has 0 spiro atoms. The maximum absolute atomic E-state index is 12.5. The molecule has 2 aliphatic rings. The minimum Gasteiger partial charge on any atom is -0.378 e. The first kappa shape index (κ1) is 15.6. The second-order valence-electron chi connectivity index (χ2n) is 6.15. The molecule has 5 nitrogen and oxygen atoms in total. The third-order valence-electron chi connectivity index (χ3n) is 4.26. The van der Waals surface area contributed by atoms with E-state index in [0.717, 1.165) is 13.1 Å². The van der Waals surface area contributed by atoms with Gasteiger partial charge in [-0.2, -0.15) is 0 Å². The molecule has 0 saturated carbocycles. The van der Waals surface area contributed by atoms with Gasteiger partial charge >= 0.3 is 0 Å². The van der Waals surface area contributed by atoms with Gasteiger partial charge in [-0.3, -0.25) is 4.79 Å². The largest absolute Gasteiger partial charge is 0.378 e. The van der Waals surface area contributed by atoms with Crippen LogP contribution in [0.25, 0.3) is 0 Å². The number of hydrogen-bond acceptors (Lipinski definition) is 4. The monoisotopic (exact) mass is 295 g/mol. The standard InChI is InChI=1S/C15H19B2N3O2/c1-11-9-20(10-11)15(16,17)13-4-2-3-12(18-13)14(21)19-5-7-22-8-6-19/h2-4,11H,5-10H2,1H3. The molecule has 2 fully saturated rings. The van der Waals surface area contributed by atoms with Crippen LogP contribution in [0.1, 0.15) is 23.1 Å². The molecular formula is C15H19B2N3O2. The highest BCUT2D eigenvalue weighted by atomic mass is 16.5. The number of aromatic nitrogens is 1. The number of carbonyl (C=O) groups is 1. The predicted molar refractivity (Wildman–Crippen MR) is 84.9 cm³/mol. The molecule has 3 rings (SSSR count). The average Bonchev–Trinajstić information content (AvgIpc) is 2.52. The van der Waals surface area contributed by atoms with Crippen molar-refractivity contribution < 1.29 is 9.53 Å². The molecule has 112 valence electrons. The van der Waals surface area contributed by atoms with Gasteiger partial charge in [-0.1, -0.05) is 13.0 Å². The number of morpholine rings is 1. The second kappa shape index (κ2) is 6.05. The van der Waals surface area contributed by atoms with Gasteiger partial charge in [-0.15, -0.1) is 0 Å². The zero-order chi connectivity index (χ0) is 15.7. The first-order valence-electron chi connectivity index (χ1n) is 7.66. The molecule has 2 aliphatic heterocycles. The van der Waals surface area contributed by atoms with Crippen LogP contribution in [0.4, 0.5) is 0 Å². The van der Waals surface area contributed by atoms with E-state index in [4.69, 9.17) is 20.4 Å². The highest BCUT2D eigenvalue weighted by molar-refractivity contribution is 6.39. The first-order chi connectivity index (χ1) is 10.5. The number of carbonyl (C=O) groups excluding carboxylic acids is 1. The molecule has 1 amide bonds. The highest BCUT2D eigenvalue weighted by Gasteiger charge is 2.36.